The van der Waals surface area contributed by atoms with Crippen LogP contribution in [0.1, 0.15) is 29.7 Å². The van der Waals surface area contributed by atoms with Crippen LogP contribution in [0.25, 0.3) is 10.9 Å². The number of rotatable bonds is 17. The van der Waals surface area contributed by atoms with Gasteiger partial charge in [-0.3, -0.25) is 19.4 Å². The van der Waals surface area contributed by atoms with Gasteiger partial charge in [-0.05, 0) is 30.0 Å². The summed E-state index contributed by atoms with van der Waals surface area (Å²) >= 11 is 0. The van der Waals surface area contributed by atoms with E-state index < -0.39 is 47.9 Å². The molecule has 4 aromatic rings. The molecule has 15 heteroatoms. The van der Waals surface area contributed by atoms with Crippen LogP contribution in [0.3, 0.4) is 0 Å². The monoisotopic (exact) mass is 644 g/mol. The van der Waals surface area contributed by atoms with Gasteiger partial charge in [0.15, 0.2) is 5.96 Å². The smallest absolute Gasteiger partial charge is 0.326 e. The number of nitrogens with zero attached hydrogens (tertiary/aromatic N) is 2. The van der Waals surface area contributed by atoms with Crippen molar-refractivity contribution in [1.29, 1.82) is 0 Å². The first-order valence-electron chi connectivity index (χ1n) is 15.1. The Hall–Kier alpha value is -5.70. The average Bonchev–Trinajstić information content (AvgIpc) is 3.72. The summed E-state index contributed by atoms with van der Waals surface area (Å²) in [6, 6.07) is 11.8. The molecule has 0 saturated carbocycles. The van der Waals surface area contributed by atoms with Crippen LogP contribution in [0.5, 0.6) is 0 Å². The molecule has 0 fully saturated rings. The van der Waals surface area contributed by atoms with E-state index >= 15 is 0 Å². The van der Waals surface area contributed by atoms with Gasteiger partial charge in [-0.2, -0.15) is 0 Å². The van der Waals surface area contributed by atoms with Gasteiger partial charge < -0.3 is 48.2 Å². The van der Waals surface area contributed by atoms with Crippen LogP contribution in [0, 0.1) is 0 Å². The maximum atomic E-state index is 13.9. The number of aromatic amines is 2. The van der Waals surface area contributed by atoms with E-state index in [1.165, 1.54) is 6.33 Å². The minimum absolute atomic E-state index is 0.0318. The summed E-state index contributed by atoms with van der Waals surface area (Å²) in [7, 11) is 0. The Morgan fingerprint density at radius 3 is 2.21 bits per heavy atom. The largest absolute Gasteiger partial charge is 0.480 e. The molecule has 2 heterocycles. The third kappa shape index (κ3) is 10.2. The third-order valence-corrected chi connectivity index (χ3v) is 7.54. The van der Waals surface area contributed by atoms with Crippen molar-refractivity contribution < 1.29 is 24.3 Å². The molecular formula is C32H40N10O5. The number of para-hydroxylation sites is 1. The molecule has 3 amide bonds. The summed E-state index contributed by atoms with van der Waals surface area (Å²) in [5.74, 6) is -3.31. The molecule has 4 unspecified atom stereocenters. The summed E-state index contributed by atoms with van der Waals surface area (Å²) in [5.41, 5.74) is 20.0. The number of imidazole rings is 1. The standard InChI is InChI=1S/C32H40N10O5/c33-23(15-21-17-36-18-39-21)28(43)41-26(14-20-16-38-24-10-5-4-9-22(20)24)30(45)40-25(11-6-12-37-32(34)35)29(44)42-27(31(46)47)13-19-7-2-1-3-8-19/h1-5,7-10,16-18,23,25-27,38H,6,11-15,33H2,(H,36,39)(H,40,45)(H,41,43)(H,42,44)(H,46,47)(H4,34,35,37). The zero-order valence-corrected chi connectivity index (χ0v) is 25.7. The molecular weight excluding hydrogens is 604 g/mol. The summed E-state index contributed by atoms with van der Waals surface area (Å²) in [6.45, 7) is 0.173. The molecule has 0 aliphatic carbocycles. The minimum Gasteiger partial charge on any atom is -0.480 e. The third-order valence-electron chi connectivity index (χ3n) is 7.54. The molecule has 4 rings (SSSR count). The molecule has 47 heavy (non-hydrogen) atoms. The van der Waals surface area contributed by atoms with Crippen molar-refractivity contribution >= 4 is 40.6 Å². The number of hydrogen-bond acceptors (Lipinski definition) is 7. The number of guanidine groups is 1. The molecule has 2 aromatic carbocycles. The van der Waals surface area contributed by atoms with Gasteiger partial charge in [0, 0.05) is 54.8 Å². The van der Waals surface area contributed by atoms with Crippen LogP contribution >= 0.6 is 0 Å². The lowest BCUT2D eigenvalue weighted by atomic mass is 10.0. The van der Waals surface area contributed by atoms with Gasteiger partial charge in [0.2, 0.25) is 17.7 Å². The number of carbonyl (C=O) groups is 4. The topological polar surface area (TPSA) is 259 Å². The van der Waals surface area contributed by atoms with Crippen LogP contribution in [-0.4, -0.2) is 80.4 Å². The normalized spacial score (nSPS) is 13.6. The summed E-state index contributed by atoms with van der Waals surface area (Å²) < 4.78 is 0. The molecule has 12 N–H and O–H groups in total. The van der Waals surface area contributed by atoms with Crippen LogP contribution in [-0.2, 0) is 38.4 Å². The number of hydrogen-bond donors (Lipinski definition) is 9. The highest BCUT2D eigenvalue weighted by atomic mass is 16.4. The Balaban J connectivity index is 1.55. The zero-order valence-electron chi connectivity index (χ0n) is 25.7. The second-order valence-corrected chi connectivity index (χ2v) is 11.1. The number of H-pyrrole nitrogens is 2. The maximum Gasteiger partial charge on any atom is 0.326 e. The van der Waals surface area contributed by atoms with Crippen LogP contribution in [0.2, 0.25) is 0 Å². The number of fused-ring (bicyclic) bond motifs is 1. The quantitative estimate of drug-likeness (QED) is 0.0419. The lowest BCUT2D eigenvalue weighted by molar-refractivity contribution is -0.142. The fraction of sp³-hybridized carbons (Fsp3) is 0.312. The van der Waals surface area contributed by atoms with E-state index in [-0.39, 0.29) is 38.2 Å². The molecule has 0 aliphatic rings. The van der Waals surface area contributed by atoms with E-state index in [9.17, 15) is 24.3 Å². The molecule has 0 bridgehead atoms. The maximum absolute atomic E-state index is 13.9. The lowest BCUT2D eigenvalue weighted by Crippen LogP contribution is -2.58. The van der Waals surface area contributed by atoms with Crippen molar-refractivity contribution in [3.63, 3.8) is 0 Å². The Morgan fingerprint density at radius 2 is 1.51 bits per heavy atom. The van der Waals surface area contributed by atoms with Gasteiger partial charge in [0.25, 0.3) is 0 Å². The summed E-state index contributed by atoms with van der Waals surface area (Å²) in [4.78, 5) is 66.7. The van der Waals surface area contributed by atoms with Crippen molar-refractivity contribution in [3.8, 4) is 0 Å². The van der Waals surface area contributed by atoms with Gasteiger partial charge in [0.05, 0.1) is 12.4 Å². The van der Waals surface area contributed by atoms with Gasteiger partial charge >= 0.3 is 5.97 Å². The number of amides is 3. The van der Waals surface area contributed by atoms with Gasteiger partial charge in [-0.1, -0.05) is 48.5 Å². The van der Waals surface area contributed by atoms with E-state index in [4.69, 9.17) is 17.2 Å². The first kappa shape index (κ1) is 34.2. The molecule has 15 nitrogen and oxygen atoms in total. The molecule has 0 spiro atoms. The second-order valence-electron chi connectivity index (χ2n) is 11.1. The zero-order chi connectivity index (χ0) is 33.8. The lowest BCUT2D eigenvalue weighted by Gasteiger charge is -2.25. The number of nitrogens with two attached hydrogens (primary N) is 3. The van der Waals surface area contributed by atoms with E-state index in [1.54, 1.807) is 42.7 Å². The van der Waals surface area contributed by atoms with Gasteiger partial charge in [-0.25, -0.2) is 9.78 Å². The predicted octanol–water partition coefficient (Wildman–Crippen LogP) is -0.161. The summed E-state index contributed by atoms with van der Waals surface area (Å²) in [6.07, 6.45) is 5.41. The molecule has 4 atom stereocenters. The molecule has 248 valence electrons. The molecule has 2 aromatic heterocycles. The highest BCUT2D eigenvalue weighted by molar-refractivity contribution is 5.95. The summed E-state index contributed by atoms with van der Waals surface area (Å²) in [5, 5.41) is 18.8. The second kappa shape index (κ2) is 16.6. The van der Waals surface area contributed by atoms with Gasteiger partial charge in [-0.15, -0.1) is 0 Å². The van der Waals surface area contributed by atoms with E-state index in [1.807, 2.05) is 24.3 Å². The first-order chi connectivity index (χ1) is 22.6. The number of aliphatic imine (C=N–C) groups is 1. The fourth-order valence-corrected chi connectivity index (χ4v) is 5.10. The highest BCUT2D eigenvalue weighted by Gasteiger charge is 2.31. The van der Waals surface area contributed by atoms with Crippen molar-refractivity contribution in [2.24, 2.45) is 22.2 Å². The molecule has 0 saturated heterocycles. The number of carbonyl (C=O) groups excluding carboxylic acids is 3. The van der Waals surface area contributed by atoms with E-state index in [2.05, 4.69) is 35.9 Å². The molecule has 0 radical (unpaired) electrons. The Labute approximate surface area is 270 Å². The van der Waals surface area contributed by atoms with Gasteiger partial charge in [0.1, 0.15) is 18.1 Å². The number of aromatic nitrogens is 3. The number of aliphatic carboxylic acids is 1. The average molecular weight is 645 g/mol. The number of carboxylic acids is 1. The van der Waals surface area contributed by atoms with Crippen LogP contribution < -0.4 is 33.2 Å². The van der Waals surface area contributed by atoms with Crippen LogP contribution in [0.4, 0.5) is 0 Å². The predicted molar refractivity (Wildman–Crippen MR) is 176 cm³/mol. The molecule has 0 aliphatic heterocycles. The van der Waals surface area contributed by atoms with Crippen molar-refractivity contribution in [2.75, 3.05) is 6.54 Å². The SMILES string of the molecule is NC(N)=NCCCC(NC(=O)C(Cc1c[nH]c2ccccc12)NC(=O)C(N)Cc1cnc[nH]1)C(=O)NC(Cc1ccccc1)C(=O)O. The van der Waals surface area contributed by atoms with Crippen molar-refractivity contribution in [2.45, 2.75) is 56.3 Å². The fourth-order valence-electron chi connectivity index (χ4n) is 5.10. The first-order valence-corrected chi connectivity index (χ1v) is 15.1. The number of nitrogens with one attached hydrogen (secondary N) is 5. The van der Waals surface area contributed by atoms with Crippen molar-refractivity contribution in [1.82, 2.24) is 30.9 Å². The van der Waals surface area contributed by atoms with E-state index in [0.717, 1.165) is 16.5 Å². The number of carboxylic acid groups (broad SMARTS) is 1. The highest BCUT2D eigenvalue weighted by Crippen LogP contribution is 2.19. The Kier molecular flexibility index (Phi) is 12.0. The Bertz CT molecular complexity index is 1670. The van der Waals surface area contributed by atoms with E-state index in [0.29, 0.717) is 17.7 Å². The number of benzene rings is 2. The van der Waals surface area contributed by atoms with Crippen molar-refractivity contribution in [3.05, 3.63) is 90.1 Å². The van der Waals surface area contributed by atoms with Crippen LogP contribution in [0.15, 0.2) is 78.3 Å². The Morgan fingerprint density at radius 1 is 0.830 bits per heavy atom. The minimum atomic E-state index is -1.26.